The van der Waals surface area contributed by atoms with E-state index in [1.54, 1.807) is 35.7 Å². The Hall–Kier alpha value is -3.22. The third-order valence-corrected chi connectivity index (χ3v) is 5.36. The van der Waals surface area contributed by atoms with E-state index in [0.29, 0.717) is 23.6 Å². The van der Waals surface area contributed by atoms with E-state index < -0.39 is 36.9 Å². The second kappa shape index (κ2) is 6.74. The van der Waals surface area contributed by atoms with Crippen LogP contribution in [-0.4, -0.2) is 33.4 Å². The van der Waals surface area contributed by atoms with Crippen LogP contribution >= 0.6 is 0 Å². The van der Waals surface area contributed by atoms with Crippen LogP contribution in [0.2, 0.25) is 0 Å². The maximum atomic E-state index is 12.7. The summed E-state index contributed by atoms with van der Waals surface area (Å²) in [6, 6.07) is 6.50. The van der Waals surface area contributed by atoms with Crippen molar-refractivity contribution in [3.63, 3.8) is 0 Å². The van der Waals surface area contributed by atoms with E-state index in [1.807, 2.05) is 0 Å². The molecular formula is C15H12F3N5O4S. The summed E-state index contributed by atoms with van der Waals surface area (Å²) in [6.07, 6.45) is 1.68. The van der Waals surface area contributed by atoms with E-state index in [1.165, 1.54) is 0 Å². The summed E-state index contributed by atoms with van der Waals surface area (Å²) in [6.45, 7) is 1.62. The molecule has 3 aromatic rings. The van der Waals surface area contributed by atoms with Gasteiger partial charge in [-0.05, 0) is 31.2 Å². The second-order valence-electron chi connectivity index (χ2n) is 5.74. The molecule has 0 aliphatic heterocycles. The van der Waals surface area contributed by atoms with E-state index in [-0.39, 0.29) is 5.69 Å². The molecule has 2 aromatic heterocycles. The lowest BCUT2D eigenvalue weighted by atomic mass is 10.2. The Balaban J connectivity index is 1.99. The fourth-order valence-electron chi connectivity index (χ4n) is 2.54. The molecule has 0 fully saturated rings. The highest BCUT2D eigenvalue weighted by Crippen LogP contribution is 2.35. The number of nitro groups is 1. The number of fused-ring (bicyclic) bond motifs is 1. The summed E-state index contributed by atoms with van der Waals surface area (Å²) in [5.74, 6) is 0.400. The first-order valence-corrected chi connectivity index (χ1v) is 9.16. The van der Waals surface area contributed by atoms with Gasteiger partial charge in [0.2, 0.25) is 0 Å². The van der Waals surface area contributed by atoms with Crippen LogP contribution in [0.15, 0.2) is 47.5 Å². The van der Waals surface area contributed by atoms with Gasteiger partial charge in [0.05, 0.1) is 15.9 Å². The number of anilines is 1. The van der Waals surface area contributed by atoms with Crippen molar-refractivity contribution < 1.29 is 26.5 Å². The maximum Gasteiger partial charge on any atom is 0.501 e. The van der Waals surface area contributed by atoms with Gasteiger partial charge in [0.15, 0.2) is 11.5 Å². The van der Waals surface area contributed by atoms with Crippen LogP contribution in [0, 0.1) is 10.1 Å². The molecule has 1 aromatic carbocycles. The molecule has 13 heteroatoms. The Morgan fingerprint density at radius 1 is 1.21 bits per heavy atom. The molecule has 0 amide bonds. The predicted octanol–water partition coefficient (Wildman–Crippen LogP) is 3.10. The van der Waals surface area contributed by atoms with Crippen molar-refractivity contribution in [2.75, 3.05) is 5.32 Å². The molecular weight excluding hydrogens is 403 g/mol. The number of halogens is 3. The third-order valence-electron chi connectivity index (χ3n) is 3.88. The van der Waals surface area contributed by atoms with Gasteiger partial charge in [0.25, 0.3) is 15.5 Å². The summed E-state index contributed by atoms with van der Waals surface area (Å²) < 4.78 is 62.8. The topological polar surface area (TPSA) is 120 Å². The minimum Gasteiger partial charge on any atom is -0.370 e. The van der Waals surface area contributed by atoms with Crippen LogP contribution in [0.1, 0.15) is 18.8 Å². The third kappa shape index (κ3) is 3.35. The van der Waals surface area contributed by atoms with Crippen LogP contribution < -0.4 is 5.32 Å². The Kier molecular flexibility index (Phi) is 4.71. The number of hydrogen-bond acceptors (Lipinski definition) is 7. The molecule has 0 spiro atoms. The highest BCUT2D eigenvalue weighted by molar-refractivity contribution is 7.92. The van der Waals surface area contributed by atoms with Crippen molar-refractivity contribution in [2.45, 2.75) is 23.4 Å². The number of nitro benzene ring substituents is 1. The van der Waals surface area contributed by atoms with E-state index in [9.17, 15) is 31.7 Å². The lowest BCUT2D eigenvalue weighted by Crippen LogP contribution is -2.23. The standard InChI is InChI=1S/C15H12F3N5O4S/c1-9(14-21-20-13-4-2-3-7-22(13)14)19-11-6-5-10(8-12(11)23(24)25)28(26,27)15(16,17)18/h2-9,19H,1H3. The lowest BCUT2D eigenvalue weighted by molar-refractivity contribution is -0.384. The van der Waals surface area contributed by atoms with Crippen LogP contribution in [0.25, 0.3) is 5.65 Å². The van der Waals surface area contributed by atoms with Crippen molar-refractivity contribution >= 4 is 26.9 Å². The molecule has 0 saturated heterocycles. The first kappa shape index (κ1) is 19.5. The first-order valence-electron chi connectivity index (χ1n) is 7.68. The van der Waals surface area contributed by atoms with E-state index in [4.69, 9.17) is 0 Å². The summed E-state index contributed by atoms with van der Waals surface area (Å²) in [5, 5.41) is 22.0. The summed E-state index contributed by atoms with van der Waals surface area (Å²) in [7, 11) is -5.71. The molecule has 1 unspecified atom stereocenters. The van der Waals surface area contributed by atoms with E-state index in [2.05, 4.69) is 15.5 Å². The van der Waals surface area contributed by atoms with Crippen LogP contribution in [0.4, 0.5) is 24.5 Å². The molecule has 0 bridgehead atoms. The van der Waals surface area contributed by atoms with Crippen molar-refractivity contribution in [1.29, 1.82) is 0 Å². The number of nitrogens with one attached hydrogen (secondary N) is 1. The summed E-state index contributed by atoms with van der Waals surface area (Å²) in [5.41, 5.74) is -6.01. The first-order chi connectivity index (χ1) is 13.0. The zero-order valence-corrected chi connectivity index (χ0v) is 14.9. The van der Waals surface area contributed by atoms with Crippen molar-refractivity contribution in [3.8, 4) is 0 Å². The maximum absolute atomic E-state index is 12.7. The smallest absolute Gasteiger partial charge is 0.370 e. The normalized spacial score (nSPS) is 13.4. The summed E-state index contributed by atoms with van der Waals surface area (Å²) >= 11 is 0. The predicted molar refractivity (Wildman–Crippen MR) is 91.4 cm³/mol. The van der Waals surface area contributed by atoms with Crippen LogP contribution in [0.3, 0.4) is 0 Å². The number of hydrogen-bond donors (Lipinski definition) is 1. The Labute approximate surface area is 155 Å². The number of pyridine rings is 1. The van der Waals surface area contributed by atoms with Gasteiger partial charge in [-0.2, -0.15) is 13.2 Å². The molecule has 2 heterocycles. The highest BCUT2D eigenvalue weighted by Gasteiger charge is 2.47. The molecule has 1 atom stereocenters. The van der Waals surface area contributed by atoms with Gasteiger partial charge >= 0.3 is 5.51 Å². The lowest BCUT2D eigenvalue weighted by Gasteiger charge is -2.15. The monoisotopic (exact) mass is 415 g/mol. The number of aromatic nitrogens is 3. The van der Waals surface area contributed by atoms with Crippen molar-refractivity contribution in [1.82, 2.24) is 14.6 Å². The van der Waals surface area contributed by atoms with E-state index in [0.717, 1.165) is 6.07 Å². The molecule has 148 valence electrons. The second-order valence-corrected chi connectivity index (χ2v) is 7.68. The van der Waals surface area contributed by atoms with Gasteiger partial charge in [-0.15, -0.1) is 10.2 Å². The number of sulfone groups is 1. The number of alkyl halides is 3. The van der Waals surface area contributed by atoms with Gasteiger partial charge < -0.3 is 5.32 Å². The van der Waals surface area contributed by atoms with Gasteiger partial charge in [-0.3, -0.25) is 14.5 Å². The SMILES string of the molecule is CC(Nc1ccc(S(=O)(=O)C(F)(F)F)cc1[N+](=O)[O-])c1nnc2ccccn12. The number of benzene rings is 1. The van der Waals surface area contributed by atoms with Gasteiger partial charge in [0.1, 0.15) is 5.69 Å². The Morgan fingerprint density at radius 2 is 1.93 bits per heavy atom. The quantitative estimate of drug-likeness (QED) is 0.502. The molecule has 0 radical (unpaired) electrons. The van der Waals surface area contributed by atoms with Gasteiger partial charge in [-0.1, -0.05) is 6.07 Å². The average Bonchev–Trinajstić information content (AvgIpc) is 3.05. The number of nitrogens with zero attached hydrogens (tertiary/aromatic N) is 4. The molecule has 28 heavy (non-hydrogen) atoms. The zero-order valence-electron chi connectivity index (χ0n) is 14.1. The minimum absolute atomic E-state index is 0.161. The molecule has 9 nitrogen and oxygen atoms in total. The fraction of sp³-hybridized carbons (Fsp3) is 0.200. The largest absolute Gasteiger partial charge is 0.501 e. The minimum atomic E-state index is -5.71. The highest BCUT2D eigenvalue weighted by atomic mass is 32.2. The molecule has 1 N–H and O–H groups in total. The molecule has 0 saturated carbocycles. The average molecular weight is 415 g/mol. The zero-order chi connectivity index (χ0) is 20.7. The molecule has 3 rings (SSSR count). The van der Waals surface area contributed by atoms with Gasteiger partial charge in [-0.25, -0.2) is 8.42 Å². The fourth-order valence-corrected chi connectivity index (χ4v) is 3.32. The van der Waals surface area contributed by atoms with Crippen molar-refractivity contribution in [2.24, 2.45) is 0 Å². The van der Waals surface area contributed by atoms with Crippen LogP contribution in [-0.2, 0) is 9.84 Å². The molecule has 0 aliphatic carbocycles. The molecule has 0 aliphatic rings. The van der Waals surface area contributed by atoms with E-state index >= 15 is 0 Å². The summed E-state index contributed by atoms with van der Waals surface area (Å²) in [4.78, 5) is 9.11. The van der Waals surface area contributed by atoms with Crippen molar-refractivity contribution in [3.05, 3.63) is 58.5 Å². The Morgan fingerprint density at radius 3 is 2.57 bits per heavy atom. The van der Waals surface area contributed by atoms with Gasteiger partial charge in [0, 0.05) is 12.3 Å². The van der Waals surface area contributed by atoms with Crippen LogP contribution in [0.5, 0.6) is 0 Å². The Bertz CT molecular complexity index is 1160. The number of rotatable bonds is 5.